The number of methoxy groups -OCH3 is 2. The summed E-state index contributed by atoms with van der Waals surface area (Å²) >= 11 is 0. The van der Waals surface area contributed by atoms with E-state index in [9.17, 15) is 14.7 Å². The number of carbonyl (C=O) groups excluding carboxylic acids is 2. The lowest BCUT2D eigenvalue weighted by atomic mass is 9.95. The summed E-state index contributed by atoms with van der Waals surface area (Å²) in [7, 11) is 2.87. The average molecular weight is 499 g/mol. The fourth-order valence-electron chi connectivity index (χ4n) is 3.51. The Morgan fingerprint density at radius 3 is 2.58 bits per heavy atom. The van der Waals surface area contributed by atoms with Crippen LogP contribution in [0.1, 0.15) is 31.0 Å². The summed E-state index contributed by atoms with van der Waals surface area (Å²) in [4.78, 5) is 24.4. The van der Waals surface area contributed by atoms with E-state index in [1.807, 2.05) is 19.1 Å². The number of hydrogen-bond donors (Lipinski definition) is 4. The van der Waals surface area contributed by atoms with Gasteiger partial charge >= 0.3 is 12.0 Å². The number of aliphatic hydroxyl groups is 1. The zero-order valence-electron chi connectivity index (χ0n) is 20.5. The van der Waals surface area contributed by atoms with Crippen molar-refractivity contribution in [3.63, 3.8) is 0 Å². The van der Waals surface area contributed by atoms with E-state index in [4.69, 9.17) is 18.9 Å². The molecule has 11 heteroatoms. The molecule has 1 aliphatic heterocycles. The Balaban J connectivity index is 1.69. The van der Waals surface area contributed by atoms with E-state index in [0.717, 1.165) is 11.3 Å². The van der Waals surface area contributed by atoms with E-state index >= 15 is 0 Å². The van der Waals surface area contributed by atoms with Crippen LogP contribution in [0.3, 0.4) is 0 Å². The molecule has 0 bridgehead atoms. The van der Waals surface area contributed by atoms with Crippen molar-refractivity contribution in [2.45, 2.75) is 26.1 Å². The van der Waals surface area contributed by atoms with Gasteiger partial charge in [0.1, 0.15) is 12.4 Å². The zero-order valence-corrected chi connectivity index (χ0v) is 20.5. The Hall–Kier alpha value is -4.25. The Labute approximate surface area is 209 Å². The lowest BCUT2D eigenvalue weighted by molar-refractivity contribution is -0.136. The second kappa shape index (κ2) is 12.5. The van der Waals surface area contributed by atoms with Gasteiger partial charge in [0.25, 0.3) is 0 Å². The zero-order chi connectivity index (χ0) is 26.1. The Morgan fingerprint density at radius 2 is 1.92 bits per heavy atom. The number of esters is 1. The molecule has 0 spiro atoms. The maximum Gasteiger partial charge on any atom is 0.337 e. The molecular formula is C25H30N4O7. The molecule has 0 saturated carbocycles. The minimum absolute atomic E-state index is 0.115. The van der Waals surface area contributed by atoms with Crippen LogP contribution in [0.2, 0.25) is 0 Å². The molecule has 0 fully saturated rings. The monoisotopic (exact) mass is 498 g/mol. The smallest absolute Gasteiger partial charge is 0.337 e. The molecule has 2 amide bonds. The molecule has 1 heterocycles. The average Bonchev–Trinajstić information content (AvgIpc) is 2.87. The summed E-state index contributed by atoms with van der Waals surface area (Å²) < 4.78 is 21.4. The molecule has 0 radical (unpaired) electrons. The van der Waals surface area contributed by atoms with Crippen molar-refractivity contribution in [1.82, 2.24) is 16.1 Å². The van der Waals surface area contributed by atoms with Gasteiger partial charge in [0.15, 0.2) is 17.7 Å². The van der Waals surface area contributed by atoms with Gasteiger partial charge in [0.2, 0.25) is 0 Å². The van der Waals surface area contributed by atoms with Gasteiger partial charge in [-0.1, -0.05) is 6.07 Å². The van der Waals surface area contributed by atoms with Gasteiger partial charge in [-0.15, -0.1) is 0 Å². The molecule has 36 heavy (non-hydrogen) atoms. The topological polar surface area (TPSA) is 140 Å². The van der Waals surface area contributed by atoms with Crippen molar-refractivity contribution in [3.05, 3.63) is 64.9 Å². The number of carbonyl (C=O) groups is 2. The third-order valence-electron chi connectivity index (χ3n) is 5.23. The number of hydrogen-bond acceptors (Lipinski definition) is 9. The fraction of sp³-hybridized carbons (Fsp3) is 0.320. The molecule has 192 valence electrons. The van der Waals surface area contributed by atoms with E-state index in [1.165, 1.54) is 7.11 Å². The summed E-state index contributed by atoms with van der Waals surface area (Å²) in [6.07, 6.45) is 0.471. The molecule has 0 aromatic heterocycles. The van der Waals surface area contributed by atoms with Crippen LogP contribution < -0.4 is 30.3 Å². The summed E-state index contributed by atoms with van der Waals surface area (Å²) in [5.41, 5.74) is 4.70. The molecule has 3 rings (SSSR count). The second-order valence-corrected chi connectivity index (χ2v) is 7.69. The van der Waals surface area contributed by atoms with Gasteiger partial charge in [-0.25, -0.2) is 9.59 Å². The van der Waals surface area contributed by atoms with Crippen LogP contribution in [0.5, 0.6) is 17.2 Å². The van der Waals surface area contributed by atoms with Gasteiger partial charge < -0.3 is 34.7 Å². The third-order valence-corrected chi connectivity index (χ3v) is 5.23. The van der Waals surface area contributed by atoms with E-state index in [0.29, 0.717) is 29.4 Å². The summed E-state index contributed by atoms with van der Waals surface area (Å²) in [6, 6.07) is 11.1. The van der Waals surface area contributed by atoms with Crippen molar-refractivity contribution in [2.24, 2.45) is 5.10 Å². The standard InChI is InChI=1S/C25H30N4O7/c1-5-35-20-12-17(23-22(24(31)34-4)15(2)27-25(32)28-23)8-11-19(20)36-14-21(30)29-26-13-16-6-9-18(33-3)10-7-16/h6-13,21,23,29-30H,5,14H2,1-4H3,(H2,27,28,32)/b26-13-/t21-,23-/m1/s1. The van der Waals surface area contributed by atoms with Crippen molar-refractivity contribution in [1.29, 1.82) is 0 Å². The predicted octanol–water partition coefficient (Wildman–Crippen LogP) is 2.22. The number of aliphatic hydroxyl groups excluding tert-OH is 1. The molecule has 0 aliphatic carbocycles. The third kappa shape index (κ3) is 6.66. The normalized spacial score (nSPS) is 16.1. The second-order valence-electron chi connectivity index (χ2n) is 7.69. The lowest BCUT2D eigenvalue weighted by Crippen LogP contribution is -2.45. The van der Waals surface area contributed by atoms with Gasteiger partial charge in [-0.2, -0.15) is 5.10 Å². The van der Waals surface area contributed by atoms with Crippen LogP contribution >= 0.6 is 0 Å². The Kier molecular flexibility index (Phi) is 9.12. The number of urea groups is 1. The molecule has 0 unspecified atom stereocenters. The lowest BCUT2D eigenvalue weighted by Gasteiger charge is -2.28. The molecule has 1 aliphatic rings. The van der Waals surface area contributed by atoms with Crippen molar-refractivity contribution in [3.8, 4) is 17.2 Å². The van der Waals surface area contributed by atoms with E-state index in [-0.39, 0.29) is 12.2 Å². The van der Waals surface area contributed by atoms with Crippen LogP contribution in [-0.4, -0.2) is 57.0 Å². The van der Waals surface area contributed by atoms with Crippen molar-refractivity contribution in [2.75, 3.05) is 27.4 Å². The molecule has 11 nitrogen and oxygen atoms in total. The number of nitrogens with one attached hydrogen (secondary N) is 3. The Bertz CT molecular complexity index is 1130. The highest BCUT2D eigenvalue weighted by Gasteiger charge is 2.32. The molecular weight excluding hydrogens is 468 g/mol. The van der Waals surface area contributed by atoms with Gasteiger partial charge in [0.05, 0.1) is 38.7 Å². The number of nitrogens with zero attached hydrogens (tertiary/aromatic N) is 1. The number of benzene rings is 2. The van der Waals surface area contributed by atoms with Crippen molar-refractivity contribution < 1.29 is 33.6 Å². The van der Waals surface area contributed by atoms with Crippen LogP contribution in [0.25, 0.3) is 0 Å². The molecule has 4 N–H and O–H groups in total. The number of hydrazone groups is 1. The maximum atomic E-state index is 12.3. The van der Waals surface area contributed by atoms with Gasteiger partial charge in [-0.3, -0.25) is 5.43 Å². The first-order valence-corrected chi connectivity index (χ1v) is 11.2. The minimum atomic E-state index is -1.09. The van der Waals surface area contributed by atoms with Crippen LogP contribution in [0.15, 0.2) is 58.8 Å². The first-order chi connectivity index (χ1) is 17.4. The predicted molar refractivity (Wildman–Crippen MR) is 132 cm³/mol. The van der Waals surface area contributed by atoms with Crippen LogP contribution in [0, 0.1) is 0 Å². The van der Waals surface area contributed by atoms with E-state index < -0.39 is 24.3 Å². The van der Waals surface area contributed by atoms with E-state index in [1.54, 1.807) is 50.6 Å². The molecule has 2 atom stereocenters. The fourth-order valence-corrected chi connectivity index (χ4v) is 3.51. The highest BCUT2D eigenvalue weighted by Crippen LogP contribution is 2.34. The summed E-state index contributed by atoms with van der Waals surface area (Å²) in [6.45, 7) is 3.68. The van der Waals surface area contributed by atoms with E-state index in [2.05, 4.69) is 21.2 Å². The maximum absolute atomic E-state index is 12.3. The SMILES string of the molecule is CCOc1cc([C@H]2NC(=O)NC(C)=C2C(=O)OC)ccc1OC[C@@H](O)N/N=C\c1ccc(OC)cc1. The first-order valence-electron chi connectivity index (χ1n) is 11.2. The van der Waals surface area contributed by atoms with Gasteiger partial charge in [-0.05, 0) is 61.4 Å². The number of amides is 2. The van der Waals surface area contributed by atoms with Crippen LogP contribution in [-0.2, 0) is 9.53 Å². The Morgan fingerprint density at radius 1 is 1.17 bits per heavy atom. The van der Waals surface area contributed by atoms with Crippen molar-refractivity contribution >= 4 is 18.2 Å². The quantitative estimate of drug-likeness (QED) is 0.160. The van der Waals surface area contributed by atoms with Gasteiger partial charge in [0, 0.05) is 5.70 Å². The first kappa shape index (κ1) is 26.4. The number of allylic oxidation sites excluding steroid dienone is 1. The molecule has 2 aromatic carbocycles. The molecule has 0 saturated heterocycles. The summed E-state index contributed by atoms with van der Waals surface area (Å²) in [5, 5.41) is 19.5. The highest BCUT2D eigenvalue weighted by atomic mass is 16.5. The van der Waals surface area contributed by atoms with Crippen LogP contribution in [0.4, 0.5) is 4.79 Å². The number of ether oxygens (including phenoxy) is 4. The largest absolute Gasteiger partial charge is 0.497 e. The number of rotatable bonds is 11. The highest BCUT2D eigenvalue weighted by molar-refractivity contribution is 5.95. The summed E-state index contributed by atoms with van der Waals surface area (Å²) in [5.74, 6) is 0.937. The minimum Gasteiger partial charge on any atom is -0.497 e. The molecule has 2 aromatic rings.